The zero-order chi connectivity index (χ0) is 19.4. The number of benzene rings is 2. The van der Waals surface area contributed by atoms with Crippen LogP contribution in [0.4, 0.5) is 17.6 Å². The van der Waals surface area contributed by atoms with E-state index in [1.807, 2.05) is 19.1 Å². The smallest absolute Gasteiger partial charge is 0.184 e. The Morgan fingerprint density at radius 1 is 0.889 bits per heavy atom. The van der Waals surface area contributed by atoms with Gasteiger partial charge < -0.3 is 9.47 Å². The largest absolute Gasteiger partial charge is 0.348 e. The Hall–Kier alpha value is -2.62. The lowest BCUT2D eigenvalue weighted by Crippen LogP contribution is -2.26. The fourth-order valence-corrected chi connectivity index (χ4v) is 2.65. The molecule has 1 aliphatic heterocycles. The van der Waals surface area contributed by atoms with Crippen molar-refractivity contribution in [1.82, 2.24) is 0 Å². The standard InChI is InChI=1S/C21H16F4O2/c1-2-3-14-11-26-21(27-12-14)15-9-18(23)16(19(24)10-15)6-4-13-5-7-17(22)20(25)8-13/h2-3,5,7-10,14,21H,11-12H2,1H3. The van der Waals surface area contributed by atoms with Crippen molar-refractivity contribution < 1.29 is 27.0 Å². The molecule has 0 unspecified atom stereocenters. The van der Waals surface area contributed by atoms with Crippen LogP contribution < -0.4 is 0 Å². The molecule has 0 amide bonds. The molecule has 2 aromatic rings. The average molecular weight is 376 g/mol. The van der Waals surface area contributed by atoms with Crippen molar-refractivity contribution in [2.45, 2.75) is 13.2 Å². The summed E-state index contributed by atoms with van der Waals surface area (Å²) in [6.45, 7) is 2.66. The third-order valence-electron chi connectivity index (χ3n) is 3.98. The number of halogens is 4. The average Bonchev–Trinajstić information content (AvgIpc) is 2.64. The SMILES string of the molecule is CC=CC1COC(c2cc(F)c(C#Cc3ccc(F)c(F)c3)c(F)c2)OC1. The highest BCUT2D eigenvalue weighted by atomic mass is 19.2. The van der Waals surface area contributed by atoms with Crippen LogP contribution in [-0.4, -0.2) is 13.2 Å². The summed E-state index contributed by atoms with van der Waals surface area (Å²) in [7, 11) is 0. The first-order valence-corrected chi connectivity index (χ1v) is 8.30. The number of rotatable bonds is 2. The molecule has 3 rings (SSSR count). The van der Waals surface area contributed by atoms with Gasteiger partial charge in [0, 0.05) is 17.0 Å². The van der Waals surface area contributed by atoms with E-state index in [2.05, 4.69) is 11.8 Å². The first kappa shape index (κ1) is 19.2. The Kier molecular flexibility index (Phi) is 5.94. The monoisotopic (exact) mass is 376 g/mol. The van der Waals surface area contributed by atoms with Crippen LogP contribution in [0.25, 0.3) is 0 Å². The molecule has 0 N–H and O–H groups in total. The summed E-state index contributed by atoms with van der Waals surface area (Å²) < 4.78 is 65.7. The third-order valence-corrected chi connectivity index (χ3v) is 3.98. The molecule has 27 heavy (non-hydrogen) atoms. The van der Waals surface area contributed by atoms with Gasteiger partial charge >= 0.3 is 0 Å². The van der Waals surface area contributed by atoms with E-state index in [-0.39, 0.29) is 17.0 Å². The lowest BCUT2D eigenvalue weighted by atomic mass is 10.1. The van der Waals surface area contributed by atoms with Crippen LogP contribution in [-0.2, 0) is 9.47 Å². The molecule has 2 nitrogen and oxygen atoms in total. The Morgan fingerprint density at radius 3 is 2.15 bits per heavy atom. The molecular formula is C21H16F4O2. The van der Waals surface area contributed by atoms with Crippen molar-refractivity contribution in [2.75, 3.05) is 13.2 Å². The second-order valence-electron chi connectivity index (χ2n) is 6.02. The van der Waals surface area contributed by atoms with Crippen molar-refractivity contribution in [1.29, 1.82) is 0 Å². The highest BCUT2D eigenvalue weighted by Gasteiger charge is 2.24. The van der Waals surface area contributed by atoms with E-state index in [0.717, 1.165) is 24.3 Å². The molecule has 2 aromatic carbocycles. The van der Waals surface area contributed by atoms with Gasteiger partial charge in [-0.05, 0) is 37.3 Å². The summed E-state index contributed by atoms with van der Waals surface area (Å²) in [6.07, 6.45) is 2.97. The van der Waals surface area contributed by atoms with Gasteiger partial charge in [-0.25, -0.2) is 17.6 Å². The maximum Gasteiger partial charge on any atom is 0.184 e. The van der Waals surface area contributed by atoms with Gasteiger partial charge in [0.2, 0.25) is 0 Å². The molecule has 140 valence electrons. The van der Waals surface area contributed by atoms with Crippen LogP contribution >= 0.6 is 0 Å². The van der Waals surface area contributed by atoms with E-state index in [9.17, 15) is 17.6 Å². The van der Waals surface area contributed by atoms with Crippen molar-refractivity contribution in [3.63, 3.8) is 0 Å². The molecule has 0 radical (unpaired) electrons. The van der Waals surface area contributed by atoms with Crippen LogP contribution in [0.15, 0.2) is 42.5 Å². The van der Waals surface area contributed by atoms with Gasteiger partial charge in [0.1, 0.15) is 11.6 Å². The first-order chi connectivity index (χ1) is 13.0. The Labute approximate surface area is 154 Å². The lowest BCUT2D eigenvalue weighted by Gasteiger charge is -2.28. The zero-order valence-corrected chi connectivity index (χ0v) is 14.4. The van der Waals surface area contributed by atoms with Crippen LogP contribution in [0.1, 0.15) is 29.9 Å². The summed E-state index contributed by atoms with van der Waals surface area (Å²) >= 11 is 0. The van der Waals surface area contributed by atoms with E-state index < -0.39 is 35.1 Å². The number of hydrogen-bond donors (Lipinski definition) is 0. The minimum absolute atomic E-state index is 0.0992. The molecule has 0 atom stereocenters. The van der Waals surface area contributed by atoms with Crippen molar-refractivity contribution in [3.05, 3.63) is 82.4 Å². The molecule has 0 aliphatic carbocycles. The quantitative estimate of drug-likeness (QED) is 0.423. The minimum atomic E-state index is -1.08. The van der Waals surface area contributed by atoms with Gasteiger partial charge in [0.15, 0.2) is 17.9 Å². The molecular weight excluding hydrogens is 360 g/mol. The second kappa shape index (κ2) is 8.38. The van der Waals surface area contributed by atoms with E-state index in [4.69, 9.17) is 9.47 Å². The van der Waals surface area contributed by atoms with E-state index >= 15 is 0 Å². The van der Waals surface area contributed by atoms with Crippen LogP contribution in [0.2, 0.25) is 0 Å². The first-order valence-electron chi connectivity index (χ1n) is 8.30. The normalized spacial score (nSPS) is 19.7. The fourth-order valence-electron chi connectivity index (χ4n) is 2.65. The molecule has 6 heteroatoms. The van der Waals surface area contributed by atoms with Crippen molar-refractivity contribution in [2.24, 2.45) is 5.92 Å². The van der Waals surface area contributed by atoms with Gasteiger partial charge in [0.25, 0.3) is 0 Å². The van der Waals surface area contributed by atoms with Gasteiger partial charge in [-0.1, -0.05) is 24.0 Å². The van der Waals surface area contributed by atoms with E-state index in [1.54, 1.807) is 0 Å². The summed E-state index contributed by atoms with van der Waals surface area (Å²) in [4.78, 5) is 0. The van der Waals surface area contributed by atoms with Crippen LogP contribution in [0.3, 0.4) is 0 Å². The number of ether oxygens (including phenoxy) is 2. The molecule has 1 saturated heterocycles. The summed E-state index contributed by atoms with van der Waals surface area (Å²) in [5.41, 5.74) is -0.154. The molecule has 1 heterocycles. The predicted molar refractivity (Wildman–Crippen MR) is 91.6 cm³/mol. The van der Waals surface area contributed by atoms with Crippen molar-refractivity contribution >= 4 is 0 Å². The summed E-state index contributed by atoms with van der Waals surface area (Å²) in [5, 5.41) is 0. The molecule has 1 aliphatic rings. The minimum Gasteiger partial charge on any atom is -0.348 e. The van der Waals surface area contributed by atoms with Gasteiger partial charge in [0.05, 0.1) is 18.8 Å². The Bertz CT molecular complexity index is 897. The second-order valence-corrected chi connectivity index (χ2v) is 6.02. The number of hydrogen-bond acceptors (Lipinski definition) is 2. The van der Waals surface area contributed by atoms with Crippen LogP contribution in [0.5, 0.6) is 0 Å². The molecule has 0 saturated carbocycles. The molecule has 0 bridgehead atoms. The van der Waals surface area contributed by atoms with Crippen LogP contribution in [0, 0.1) is 41.0 Å². The van der Waals surface area contributed by atoms with E-state index in [1.165, 1.54) is 6.07 Å². The molecule has 0 aromatic heterocycles. The third kappa shape index (κ3) is 4.57. The summed E-state index contributed by atoms with van der Waals surface area (Å²) in [5.74, 6) is 0.963. The molecule has 1 fully saturated rings. The Balaban J connectivity index is 1.80. The highest BCUT2D eigenvalue weighted by Crippen LogP contribution is 2.28. The highest BCUT2D eigenvalue weighted by molar-refractivity contribution is 5.45. The van der Waals surface area contributed by atoms with E-state index in [0.29, 0.717) is 13.2 Å². The topological polar surface area (TPSA) is 18.5 Å². The van der Waals surface area contributed by atoms with Gasteiger partial charge in [-0.2, -0.15) is 0 Å². The predicted octanol–water partition coefficient (Wildman–Crippen LogP) is 4.88. The lowest BCUT2D eigenvalue weighted by molar-refractivity contribution is -0.197. The molecule has 0 spiro atoms. The van der Waals surface area contributed by atoms with Gasteiger partial charge in [-0.3, -0.25) is 0 Å². The number of allylic oxidation sites excluding steroid dienone is 1. The van der Waals surface area contributed by atoms with Crippen molar-refractivity contribution in [3.8, 4) is 11.8 Å². The summed E-state index contributed by atoms with van der Waals surface area (Å²) in [6, 6.07) is 5.17. The fraction of sp³-hybridized carbons (Fsp3) is 0.238. The maximum atomic E-state index is 14.3. The zero-order valence-electron chi connectivity index (χ0n) is 14.4. The Morgan fingerprint density at radius 2 is 1.56 bits per heavy atom. The van der Waals surface area contributed by atoms with Gasteiger partial charge in [-0.15, -0.1) is 0 Å². The maximum absolute atomic E-state index is 14.3.